The summed E-state index contributed by atoms with van der Waals surface area (Å²) in [5, 5.41) is 2.75. The third kappa shape index (κ3) is 4.17. The van der Waals surface area contributed by atoms with E-state index >= 15 is 0 Å². The molecule has 0 fully saturated rings. The maximum atomic E-state index is 13.5. The Morgan fingerprint density at radius 3 is 2.68 bits per heavy atom. The van der Waals surface area contributed by atoms with Gasteiger partial charge in [0.05, 0.1) is 6.04 Å². The largest absolute Gasteiger partial charge is 0.486 e. The van der Waals surface area contributed by atoms with Gasteiger partial charge in [-0.3, -0.25) is 4.79 Å². The number of hydrogen-bond acceptors (Lipinski definition) is 4. The summed E-state index contributed by atoms with van der Waals surface area (Å²) < 4.78 is 42.3. The number of fused-ring (bicyclic) bond motifs is 1. The molecule has 1 aliphatic rings. The molecule has 3 rings (SSSR count). The fraction of sp³-hybridized carbons (Fsp3) is 0.278. The number of ether oxygens (including phenoxy) is 3. The maximum absolute atomic E-state index is 13.5. The highest BCUT2D eigenvalue weighted by Crippen LogP contribution is 2.32. The summed E-state index contributed by atoms with van der Waals surface area (Å²) >= 11 is 0. The number of benzene rings is 2. The predicted molar refractivity (Wildman–Crippen MR) is 85.8 cm³/mol. The van der Waals surface area contributed by atoms with Crippen molar-refractivity contribution in [1.29, 1.82) is 0 Å². The number of rotatable bonds is 5. The third-order valence-electron chi connectivity index (χ3n) is 3.70. The van der Waals surface area contributed by atoms with Crippen molar-refractivity contribution in [3.63, 3.8) is 0 Å². The quantitative estimate of drug-likeness (QED) is 0.902. The van der Waals surface area contributed by atoms with Crippen LogP contribution in [0.5, 0.6) is 17.2 Å². The normalized spacial score (nSPS) is 13.9. The molecule has 1 N–H and O–H groups in total. The highest BCUT2D eigenvalue weighted by molar-refractivity contribution is 5.78. The van der Waals surface area contributed by atoms with Crippen molar-refractivity contribution in [2.45, 2.75) is 13.0 Å². The second-order valence-corrected chi connectivity index (χ2v) is 5.56. The summed E-state index contributed by atoms with van der Waals surface area (Å²) in [6.45, 7) is 2.42. The van der Waals surface area contributed by atoms with Crippen molar-refractivity contribution in [2.24, 2.45) is 0 Å². The SMILES string of the molecule is CC(NC(=O)COc1ccc(F)cc1F)c1ccc2c(c1)OCCO2. The molecule has 0 bridgehead atoms. The standard InChI is InChI=1S/C18H17F2NO4/c1-11(12-2-4-16-17(8-12)24-7-6-23-16)21-18(22)10-25-15-5-3-13(19)9-14(15)20/h2-5,8-9,11H,6-7,10H2,1H3,(H,21,22). The van der Waals surface area contributed by atoms with Gasteiger partial charge >= 0.3 is 0 Å². The zero-order valence-corrected chi connectivity index (χ0v) is 13.6. The van der Waals surface area contributed by atoms with Crippen molar-refractivity contribution in [3.8, 4) is 17.2 Å². The first-order valence-corrected chi connectivity index (χ1v) is 7.79. The van der Waals surface area contributed by atoms with Crippen LogP contribution in [0.3, 0.4) is 0 Å². The van der Waals surface area contributed by atoms with E-state index in [9.17, 15) is 13.6 Å². The molecule has 5 nitrogen and oxygen atoms in total. The summed E-state index contributed by atoms with van der Waals surface area (Å²) in [5.74, 6) is -0.859. The molecule has 1 unspecified atom stereocenters. The topological polar surface area (TPSA) is 56.8 Å². The minimum Gasteiger partial charge on any atom is -0.486 e. The average molecular weight is 349 g/mol. The smallest absolute Gasteiger partial charge is 0.258 e. The van der Waals surface area contributed by atoms with Gasteiger partial charge in [-0.2, -0.15) is 0 Å². The fourth-order valence-corrected chi connectivity index (χ4v) is 2.43. The molecule has 1 aliphatic heterocycles. The summed E-state index contributed by atoms with van der Waals surface area (Å²) in [7, 11) is 0. The Hall–Kier alpha value is -2.83. The van der Waals surface area contributed by atoms with Crippen LogP contribution < -0.4 is 19.5 Å². The molecule has 7 heteroatoms. The van der Waals surface area contributed by atoms with Crippen LogP contribution in [-0.2, 0) is 4.79 Å². The van der Waals surface area contributed by atoms with E-state index in [1.165, 1.54) is 0 Å². The molecular formula is C18H17F2NO4. The van der Waals surface area contributed by atoms with Gasteiger partial charge in [-0.25, -0.2) is 8.78 Å². The van der Waals surface area contributed by atoms with E-state index in [0.717, 1.165) is 17.7 Å². The first-order chi connectivity index (χ1) is 12.0. The first kappa shape index (κ1) is 17.0. The highest BCUT2D eigenvalue weighted by atomic mass is 19.1. The Morgan fingerprint density at radius 1 is 1.16 bits per heavy atom. The number of halogens is 2. The third-order valence-corrected chi connectivity index (χ3v) is 3.70. The summed E-state index contributed by atoms with van der Waals surface area (Å²) in [6, 6.07) is 8.03. The monoisotopic (exact) mass is 349 g/mol. The van der Waals surface area contributed by atoms with Gasteiger partial charge < -0.3 is 19.5 Å². The van der Waals surface area contributed by atoms with Gasteiger partial charge in [-0.05, 0) is 36.8 Å². The number of nitrogens with one attached hydrogen (secondary N) is 1. The molecule has 0 saturated heterocycles. The van der Waals surface area contributed by atoms with Gasteiger partial charge in [-0.15, -0.1) is 0 Å². The minimum atomic E-state index is -0.854. The molecule has 1 amide bonds. The minimum absolute atomic E-state index is 0.177. The fourth-order valence-electron chi connectivity index (χ4n) is 2.43. The molecule has 2 aromatic carbocycles. The van der Waals surface area contributed by atoms with Crippen LogP contribution in [-0.4, -0.2) is 25.7 Å². The van der Waals surface area contributed by atoms with Crippen molar-refractivity contribution in [3.05, 3.63) is 53.6 Å². The van der Waals surface area contributed by atoms with Gasteiger partial charge in [-0.1, -0.05) is 6.07 Å². The van der Waals surface area contributed by atoms with Crippen molar-refractivity contribution < 1.29 is 27.8 Å². The lowest BCUT2D eigenvalue weighted by molar-refractivity contribution is -0.123. The molecule has 0 aromatic heterocycles. The number of carbonyl (C=O) groups excluding carboxylic acids is 1. The van der Waals surface area contributed by atoms with Crippen LogP contribution in [0.4, 0.5) is 8.78 Å². The van der Waals surface area contributed by atoms with Crippen LogP contribution in [0.25, 0.3) is 0 Å². The Labute approximate surface area is 143 Å². The Balaban J connectivity index is 1.57. The second kappa shape index (κ2) is 7.38. The maximum Gasteiger partial charge on any atom is 0.258 e. The molecule has 0 spiro atoms. The summed E-state index contributed by atoms with van der Waals surface area (Å²) in [6.07, 6.45) is 0. The molecule has 0 radical (unpaired) electrons. The van der Waals surface area contributed by atoms with Crippen molar-refractivity contribution >= 4 is 5.91 Å². The molecular weight excluding hydrogens is 332 g/mol. The molecule has 0 saturated carbocycles. The lowest BCUT2D eigenvalue weighted by Crippen LogP contribution is -2.31. The van der Waals surface area contributed by atoms with E-state index in [0.29, 0.717) is 30.8 Å². The Kier molecular flexibility index (Phi) is 5.02. The molecule has 1 heterocycles. The summed E-state index contributed by atoms with van der Waals surface area (Å²) in [5.41, 5.74) is 0.838. The van der Waals surface area contributed by atoms with Crippen LogP contribution in [0.15, 0.2) is 36.4 Å². The van der Waals surface area contributed by atoms with E-state index in [2.05, 4.69) is 5.32 Å². The second-order valence-electron chi connectivity index (χ2n) is 5.56. The lowest BCUT2D eigenvalue weighted by Gasteiger charge is -2.21. The predicted octanol–water partition coefficient (Wildman–Crippen LogP) is 2.99. The Bertz CT molecular complexity index is 782. The van der Waals surface area contributed by atoms with Crippen LogP contribution in [0, 0.1) is 11.6 Å². The van der Waals surface area contributed by atoms with Crippen LogP contribution in [0.1, 0.15) is 18.5 Å². The van der Waals surface area contributed by atoms with Crippen LogP contribution in [0.2, 0.25) is 0 Å². The van der Waals surface area contributed by atoms with Crippen LogP contribution >= 0.6 is 0 Å². The van der Waals surface area contributed by atoms with Gasteiger partial charge in [0.2, 0.25) is 0 Å². The van der Waals surface area contributed by atoms with Gasteiger partial charge in [0.25, 0.3) is 5.91 Å². The van der Waals surface area contributed by atoms with Gasteiger partial charge in [0.1, 0.15) is 19.0 Å². The zero-order chi connectivity index (χ0) is 17.8. The molecule has 0 aliphatic carbocycles. The molecule has 1 atom stereocenters. The summed E-state index contributed by atoms with van der Waals surface area (Å²) in [4.78, 5) is 12.0. The zero-order valence-electron chi connectivity index (χ0n) is 13.6. The molecule has 25 heavy (non-hydrogen) atoms. The van der Waals surface area contributed by atoms with E-state index in [1.54, 1.807) is 12.1 Å². The van der Waals surface area contributed by atoms with E-state index in [1.807, 2.05) is 13.0 Å². The molecule has 2 aromatic rings. The van der Waals surface area contributed by atoms with Crippen molar-refractivity contribution in [2.75, 3.05) is 19.8 Å². The van der Waals surface area contributed by atoms with E-state index in [-0.39, 0.29) is 18.4 Å². The van der Waals surface area contributed by atoms with Gasteiger partial charge in [0.15, 0.2) is 29.7 Å². The average Bonchev–Trinajstić information content (AvgIpc) is 2.60. The van der Waals surface area contributed by atoms with Gasteiger partial charge in [0, 0.05) is 6.07 Å². The number of carbonyl (C=O) groups is 1. The number of hydrogen-bond donors (Lipinski definition) is 1. The lowest BCUT2D eigenvalue weighted by atomic mass is 10.1. The Morgan fingerprint density at radius 2 is 1.92 bits per heavy atom. The van der Waals surface area contributed by atoms with E-state index in [4.69, 9.17) is 14.2 Å². The number of amides is 1. The van der Waals surface area contributed by atoms with Crippen molar-refractivity contribution in [1.82, 2.24) is 5.32 Å². The first-order valence-electron chi connectivity index (χ1n) is 7.79. The van der Waals surface area contributed by atoms with E-state index < -0.39 is 17.5 Å². The molecule has 132 valence electrons. The highest BCUT2D eigenvalue weighted by Gasteiger charge is 2.16.